The van der Waals surface area contributed by atoms with Crippen LogP contribution >= 0.6 is 0 Å². The van der Waals surface area contributed by atoms with Gasteiger partial charge in [0.15, 0.2) is 6.10 Å². The SMILES string of the molecule is Cc1ccc(OC(C)C(=O)NCc2cc(C)ncn2)c(C(C)(C)C)c1. The first kappa shape index (κ1) is 18.9. The minimum Gasteiger partial charge on any atom is -0.481 e. The molecule has 0 spiro atoms. The Morgan fingerprint density at radius 2 is 1.92 bits per heavy atom. The van der Waals surface area contributed by atoms with Crippen LogP contribution in [0.15, 0.2) is 30.6 Å². The van der Waals surface area contributed by atoms with E-state index >= 15 is 0 Å². The van der Waals surface area contributed by atoms with Crippen LogP contribution in [0.1, 0.15) is 50.2 Å². The van der Waals surface area contributed by atoms with Crippen LogP contribution in [0.2, 0.25) is 0 Å². The highest BCUT2D eigenvalue weighted by Gasteiger charge is 2.22. The Balaban J connectivity index is 2.04. The summed E-state index contributed by atoms with van der Waals surface area (Å²) < 4.78 is 5.96. The molecule has 1 heterocycles. The second kappa shape index (κ2) is 7.64. The molecule has 0 saturated carbocycles. The summed E-state index contributed by atoms with van der Waals surface area (Å²) in [5, 5.41) is 2.86. The van der Waals surface area contributed by atoms with Gasteiger partial charge in [-0.2, -0.15) is 0 Å². The number of ether oxygens (including phenoxy) is 1. The Hall–Kier alpha value is -2.43. The number of hydrogen-bond donors (Lipinski definition) is 1. The number of aryl methyl sites for hydroxylation is 2. The highest BCUT2D eigenvalue weighted by Crippen LogP contribution is 2.32. The molecule has 1 aromatic heterocycles. The molecular weight excluding hydrogens is 314 g/mol. The third-order valence-corrected chi connectivity index (χ3v) is 3.92. The normalized spacial score (nSPS) is 12.6. The molecule has 0 saturated heterocycles. The minimum atomic E-state index is -0.591. The number of nitrogens with zero attached hydrogens (tertiary/aromatic N) is 2. The van der Waals surface area contributed by atoms with Crippen molar-refractivity contribution in [3.63, 3.8) is 0 Å². The van der Waals surface area contributed by atoms with Crippen LogP contribution < -0.4 is 10.1 Å². The van der Waals surface area contributed by atoms with E-state index in [2.05, 4.69) is 49.0 Å². The summed E-state index contributed by atoms with van der Waals surface area (Å²) in [5.41, 5.74) is 3.86. The topological polar surface area (TPSA) is 64.1 Å². The van der Waals surface area contributed by atoms with Gasteiger partial charge in [0.1, 0.15) is 12.1 Å². The standard InChI is InChI=1S/C20H27N3O2/c1-13-7-8-18(17(9-13)20(4,5)6)25-15(3)19(24)21-11-16-10-14(2)22-12-23-16/h7-10,12,15H,11H2,1-6H3,(H,21,24). The third-order valence-electron chi connectivity index (χ3n) is 3.92. The average molecular weight is 341 g/mol. The molecule has 0 aliphatic carbocycles. The maximum atomic E-state index is 12.4. The van der Waals surface area contributed by atoms with Gasteiger partial charge in [-0.3, -0.25) is 4.79 Å². The van der Waals surface area contributed by atoms with Crippen molar-refractivity contribution in [1.29, 1.82) is 0 Å². The van der Waals surface area contributed by atoms with Gasteiger partial charge in [-0.05, 0) is 43.9 Å². The van der Waals surface area contributed by atoms with E-state index in [1.165, 1.54) is 11.9 Å². The molecular formula is C20H27N3O2. The summed E-state index contributed by atoms with van der Waals surface area (Å²) in [6.07, 6.45) is 0.908. The maximum absolute atomic E-state index is 12.4. The molecule has 1 aromatic carbocycles. The lowest BCUT2D eigenvalue weighted by molar-refractivity contribution is -0.127. The molecule has 0 aliphatic rings. The van der Waals surface area contributed by atoms with Gasteiger partial charge in [0.05, 0.1) is 12.2 Å². The summed E-state index contributed by atoms with van der Waals surface area (Å²) in [6, 6.07) is 7.90. The monoisotopic (exact) mass is 341 g/mol. The zero-order chi connectivity index (χ0) is 18.6. The first-order valence-corrected chi connectivity index (χ1v) is 8.50. The molecule has 0 radical (unpaired) electrons. The lowest BCUT2D eigenvalue weighted by Crippen LogP contribution is -2.36. The maximum Gasteiger partial charge on any atom is 0.261 e. The van der Waals surface area contributed by atoms with Crippen LogP contribution in [-0.4, -0.2) is 22.0 Å². The van der Waals surface area contributed by atoms with Crippen molar-refractivity contribution in [2.75, 3.05) is 0 Å². The van der Waals surface area contributed by atoms with E-state index < -0.39 is 6.10 Å². The summed E-state index contributed by atoms with van der Waals surface area (Å²) in [5.74, 6) is 0.579. The van der Waals surface area contributed by atoms with Gasteiger partial charge in [0.25, 0.3) is 5.91 Å². The van der Waals surface area contributed by atoms with Gasteiger partial charge in [0, 0.05) is 5.69 Å². The fourth-order valence-corrected chi connectivity index (χ4v) is 2.50. The molecule has 134 valence electrons. The second-order valence-corrected chi connectivity index (χ2v) is 7.38. The zero-order valence-electron chi connectivity index (χ0n) is 15.9. The quantitative estimate of drug-likeness (QED) is 0.904. The van der Waals surface area contributed by atoms with Crippen molar-refractivity contribution in [2.45, 2.75) is 59.6 Å². The van der Waals surface area contributed by atoms with Crippen LogP contribution in [0.3, 0.4) is 0 Å². The Labute approximate surface area is 149 Å². The fraction of sp³-hybridized carbons (Fsp3) is 0.450. The molecule has 1 unspecified atom stereocenters. The zero-order valence-corrected chi connectivity index (χ0v) is 15.9. The van der Waals surface area contributed by atoms with E-state index in [9.17, 15) is 4.79 Å². The van der Waals surface area contributed by atoms with Crippen LogP contribution in [0.4, 0.5) is 0 Å². The van der Waals surface area contributed by atoms with E-state index in [0.717, 1.165) is 22.7 Å². The predicted molar refractivity (Wildman–Crippen MR) is 98.6 cm³/mol. The molecule has 5 nitrogen and oxygen atoms in total. The molecule has 2 aromatic rings. The lowest BCUT2D eigenvalue weighted by Gasteiger charge is -2.25. The second-order valence-electron chi connectivity index (χ2n) is 7.38. The van der Waals surface area contributed by atoms with Crippen LogP contribution in [-0.2, 0) is 16.8 Å². The Morgan fingerprint density at radius 3 is 2.56 bits per heavy atom. The largest absolute Gasteiger partial charge is 0.481 e. The van der Waals surface area contributed by atoms with Crippen molar-refractivity contribution in [3.8, 4) is 5.75 Å². The van der Waals surface area contributed by atoms with E-state index in [1.807, 2.05) is 25.1 Å². The number of carbonyl (C=O) groups is 1. The van der Waals surface area contributed by atoms with Crippen LogP contribution in [0, 0.1) is 13.8 Å². The van der Waals surface area contributed by atoms with E-state index in [1.54, 1.807) is 6.92 Å². The number of benzene rings is 1. The van der Waals surface area contributed by atoms with Crippen molar-refractivity contribution in [3.05, 3.63) is 53.1 Å². The lowest BCUT2D eigenvalue weighted by atomic mass is 9.85. The van der Waals surface area contributed by atoms with Gasteiger partial charge in [-0.15, -0.1) is 0 Å². The Kier molecular flexibility index (Phi) is 5.77. The summed E-state index contributed by atoms with van der Waals surface area (Å²) >= 11 is 0. The van der Waals surface area contributed by atoms with E-state index in [-0.39, 0.29) is 11.3 Å². The molecule has 1 N–H and O–H groups in total. The average Bonchev–Trinajstić information content (AvgIpc) is 2.53. The first-order chi connectivity index (χ1) is 11.7. The smallest absolute Gasteiger partial charge is 0.261 e. The predicted octanol–water partition coefficient (Wildman–Crippen LogP) is 3.47. The van der Waals surface area contributed by atoms with Crippen LogP contribution in [0.5, 0.6) is 5.75 Å². The van der Waals surface area contributed by atoms with E-state index in [4.69, 9.17) is 4.74 Å². The summed E-state index contributed by atoms with van der Waals surface area (Å²) in [4.78, 5) is 20.5. The van der Waals surface area contributed by atoms with Crippen molar-refractivity contribution >= 4 is 5.91 Å². The van der Waals surface area contributed by atoms with Crippen molar-refractivity contribution < 1.29 is 9.53 Å². The Morgan fingerprint density at radius 1 is 1.20 bits per heavy atom. The minimum absolute atomic E-state index is 0.0595. The first-order valence-electron chi connectivity index (χ1n) is 8.50. The number of carbonyl (C=O) groups excluding carboxylic acids is 1. The highest BCUT2D eigenvalue weighted by atomic mass is 16.5. The van der Waals surface area contributed by atoms with E-state index in [0.29, 0.717) is 6.54 Å². The summed E-state index contributed by atoms with van der Waals surface area (Å²) in [6.45, 7) is 12.5. The van der Waals surface area contributed by atoms with Gasteiger partial charge in [-0.25, -0.2) is 9.97 Å². The van der Waals surface area contributed by atoms with Crippen molar-refractivity contribution in [2.24, 2.45) is 0 Å². The number of amides is 1. The molecule has 0 bridgehead atoms. The fourth-order valence-electron chi connectivity index (χ4n) is 2.50. The summed E-state index contributed by atoms with van der Waals surface area (Å²) in [7, 11) is 0. The number of hydrogen-bond acceptors (Lipinski definition) is 4. The molecule has 0 fully saturated rings. The van der Waals surface area contributed by atoms with Crippen LogP contribution in [0.25, 0.3) is 0 Å². The molecule has 2 rings (SSSR count). The van der Waals surface area contributed by atoms with Gasteiger partial charge >= 0.3 is 0 Å². The highest BCUT2D eigenvalue weighted by molar-refractivity contribution is 5.80. The number of nitrogens with one attached hydrogen (secondary N) is 1. The molecule has 1 amide bonds. The van der Waals surface area contributed by atoms with Gasteiger partial charge in [0.2, 0.25) is 0 Å². The molecule has 25 heavy (non-hydrogen) atoms. The number of aromatic nitrogens is 2. The Bertz CT molecular complexity index is 751. The number of rotatable bonds is 5. The molecule has 5 heteroatoms. The van der Waals surface area contributed by atoms with Gasteiger partial charge in [-0.1, -0.05) is 38.5 Å². The molecule has 1 atom stereocenters. The van der Waals surface area contributed by atoms with Gasteiger partial charge < -0.3 is 10.1 Å². The third kappa shape index (κ3) is 5.28. The van der Waals surface area contributed by atoms with Crippen molar-refractivity contribution in [1.82, 2.24) is 15.3 Å². The molecule has 0 aliphatic heterocycles.